The van der Waals surface area contributed by atoms with Crippen LogP contribution in [0.15, 0.2) is 48.5 Å². The second-order valence-corrected chi connectivity index (χ2v) is 7.01. The summed E-state index contributed by atoms with van der Waals surface area (Å²) in [6.45, 7) is 11.8. The molecule has 0 saturated carbocycles. The standard InChI is InChI=1S/C24H28N2O/c1-6-26(7-2)24(27)20-14-15-22(19-12-8-11-17(4)23(19)20)25-21-13-9-10-16(3)18(21)5/h8-15,25H,6-7H2,1-5H3. The third-order valence-corrected chi connectivity index (χ3v) is 5.40. The van der Waals surface area contributed by atoms with Crippen molar-refractivity contribution < 1.29 is 4.79 Å². The van der Waals surface area contributed by atoms with Gasteiger partial charge in [-0.3, -0.25) is 4.79 Å². The molecule has 0 unspecified atom stereocenters. The number of carbonyl (C=O) groups excluding carboxylic acids is 1. The Morgan fingerprint density at radius 3 is 2.22 bits per heavy atom. The minimum atomic E-state index is 0.0950. The minimum Gasteiger partial charge on any atom is -0.355 e. The Hall–Kier alpha value is -2.81. The number of amides is 1. The summed E-state index contributed by atoms with van der Waals surface area (Å²) in [7, 11) is 0. The number of fused-ring (bicyclic) bond motifs is 1. The van der Waals surface area contributed by atoms with Crippen LogP contribution in [0, 0.1) is 20.8 Å². The molecular formula is C24H28N2O. The second kappa shape index (κ2) is 7.83. The monoisotopic (exact) mass is 360 g/mol. The smallest absolute Gasteiger partial charge is 0.254 e. The zero-order chi connectivity index (χ0) is 19.6. The Bertz CT molecular complexity index is 987. The van der Waals surface area contributed by atoms with E-state index in [-0.39, 0.29) is 5.91 Å². The number of benzene rings is 3. The first-order valence-electron chi connectivity index (χ1n) is 9.62. The molecule has 0 aliphatic rings. The number of nitrogens with zero attached hydrogens (tertiary/aromatic N) is 1. The van der Waals surface area contributed by atoms with Gasteiger partial charge in [-0.1, -0.05) is 30.3 Å². The van der Waals surface area contributed by atoms with E-state index in [1.807, 2.05) is 30.9 Å². The van der Waals surface area contributed by atoms with Gasteiger partial charge in [0.05, 0.1) is 0 Å². The molecule has 0 aliphatic heterocycles. The third-order valence-electron chi connectivity index (χ3n) is 5.40. The van der Waals surface area contributed by atoms with E-state index >= 15 is 0 Å². The average Bonchev–Trinajstić information content (AvgIpc) is 2.67. The van der Waals surface area contributed by atoms with Gasteiger partial charge in [-0.2, -0.15) is 0 Å². The maximum Gasteiger partial charge on any atom is 0.254 e. The fraction of sp³-hybridized carbons (Fsp3) is 0.292. The van der Waals surface area contributed by atoms with E-state index in [2.05, 4.69) is 62.5 Å². The maximum atomic E-state index is 13.0. The van der Waals surface area contributed by atoms with E-state index < -0.39 is 0 Å². The fourth-order valence-electron chi connectivity index (χ4n) is 3.59. The van der Waals surface area contributed by atoms with Crippen LogP contribution in [0.25, 0.3) is 10.8 Å². The number of anilines is 2. The fourth-order valence-corrected chi connectivity index (χ4v) is 3.59. The average molecular weight is 361 g/mol. The molecule has 140 valence electrons. The molecule has 0 saturated heterocycles. The molecule has 0 atom stereocenters. The number of carbonyl (C=O) groups is 1. The Balaban J connectivity index is 2.15. The normalized spacial score (nSPS) is 10.9. The van der Waals surface area contributed by atoms with Crippen molar-refractivity contribution in [1.82, 2.24) is 4.90 Å². The van der Waals surface area contributed by atoms with Crippen molar-refractivity contribution >= 4 is 28.1 Å². The number of rotatable bonds is 5. The predicted molar refractivity (Wildman–Crippen MR) is 115 cm³/mol. The summed E-state index contributed by atoms with van der Waals surface area (Å²) in [5, 5.41) is 5.69. The molecule has 0 spiro atoms. The zero-order valence-corrected chi connectivity index (χ0v) is 16.9. The summed E-state index contributed by atoms with van der Waals surface area (Å²) in [5.74, 6) is 0.0950. The van der Waals surface area contributed by atoms with Gasteiger partial charge in [0.1, 0.15) is 0 Å². The number of nitrogens with one attached hydrogen (secondary N) is 1. The van der Waals surface area contributed by atoms with Crippen LogP contribution in [0.2, 0.25) is 0 Å². The predicted octanol–water partition coefficient (Wildman–Crippen LogP) is 5.99. The van der Waals surface area contributed by atoms with Crippen LogP contribution in [-0.4, -0.2) is 23.9 Å². The van der Waals surface area contributed by atoms with E-state index in [0.29, 0.717) is 13.1 Å². The Kier molecular flexibility index (Phi) is 5.50. The molecule has 0 aromatic heterocycles. The summed E-state index contributed by atoms with van der Waals surface area (Å²) in [6.07, 6.45) is 0. The van der Waals surface area contributed by atoms with Crippen LogP contribution in [0.5, 0.6) is 0 Å². The van der Waals surface area contributed by atoms with Crippen molar-refractivity contribution in [1.29, 1.82) is 0 Å². The van der Waals surface area contributed by atoms with Crippen LogP contribution < -0.4 is 5.32 Å². The molecule has 1 amide bonds. The van der Waals surface area contributed by atoms with E-state index in [1.165, 1.54) is 11.1 Å². The number of hydrogen-bond donors (Lipinski definition) is 1. The topological polar surface area (TPSA) is 32.3 Å². The lowest BCUT2D eigenvalue weighted by Gasteiger charge is -2.21. The van der Waals surface area contributed by atoms with E-state index in [9.17, 15) is 4.79 Å². The second-order valence-electron chi connectivity index (χ2n) is 7.01. The highest BCUT2D eigenvalue weighted by atomic mass is 16.2. The summed E-state index contributed by atoms with van der Waals surface area (Å²) >= 11 is 0. The Labute approximate surface area is 162 Å². The highest BCUT2D eigenvalue weighted by Gasteiger charge is 2.18. The first-order chi connectivity index (χ1) is 13.0. The SMILES string of the molecule is CCN(CC)C(=O)c1ccc(Nc2cccc(C)c2C)c2cccc(C)c12. The first-order valence-corrected chi connectivity index (χ1v) is 9.62. The summed E-state index contributed by atoms with van der Waals surface area (Å²) in [5.41, 5.74) is 6.51. The highest BCUT2D eigenvalue weighted by Crippen LogP contribution is 2.33. The lowest BCUT2D eigenvalue weighted by Crippen LogP contribution is -2.30. The van der Waals surface area contributed by atoms with Crippen molar-refractivity contribution in [3.05, 3.63) is 70.8 Å². The van der Waals surface area contributed by atoms with Crippen molar-refractivity contribution in [3.63, 3.8) is 0 Å². The molecule has 0 heterocycles. The molecule has 0 radical (unpaired) electrons. The molecule has 3 aromatic carbocycles. The van der Waals surface area contributed by atoms with Gasteiger partial charge in [-0.05, 0) is 74.9 Å². The molecule has 27 heavy (non-hydrogen) atoms. The van der Waals surface area contributed by atoms with Crippen LogP contribution in [0.3, 0.4) is 0 Å². The van der Waals surface area contributed by atoms with Crippen LogP contribution in [0.1, 0.15) is 40.9 Å². The largest absolute Gasteiger partial charge is 0.355 e. The van der Waals surface area contributed by atoms with Gasteiger partial charge in [0.2, 0.25) is 0 Å². The van der Waals surface area contributed by atoms with Gasteiger partial charge in [0.15, 0.2) is 0 Å². The molecule has 0 bridgehead atoms. The minimum absolute atomic E-state index is 0.0950. The van der Waals surface area contributed by atoms with Crippen molar-refractivity contribution in [2.24, 2.45) is 0 Å². The van der Waals surface area contributed by atoms with Gasteiger partial charge < -0.3 is 10.2 Å². The van der Waals surface area contributed by atoms with Crippen molar-refractivity contribution in [3.8, 4) is 0 Å². The van der Waals surface area contributed by atoms with E-state index in [0.717, 1.165) is 33.3 Å². The van der Waals surface area contributed by atoms with E-state index in [4.69, 9.17) is 0 Å². The highest BCUT2D eigenvalue weighted by molar-refractivity contribution is 6.11. The molecule has 0 aliphatic carbocycles. The van der Waals surface area contributed by atoms with Gasteiger partial charge in [-0.15, -0.1) is 0 Å². The lowest BCUT2D eigenvalue weighted by atomic mass is 9.97. The quantitative estimate of drug-likeness (QED) is 0.606. The van der Waals surface area contributed by atoms with Crippen LogP contribution >= 0.6 is 0 Å². The van der Waals surface area contributed by atoms with Gasteiger partial charge >= 0.3 is 0 Å². The third kappa shape index (κ3) is 3.55. The Morgan fingerprint density at radius 1 is 0.852 bits per heavy atom. The van der Waals surface area contributed by atoms with Crippen LogP contribution in [-0.2, 0) is 0 Å². The van der Waals surface area contributed by atoms with Crippen molar-refractivity contribution in [2.75, 3.05) is 18.4 Å². The summed E-state index contributed by atoms with van der Waals surface area (Å²) in [6, 6.07) is 16.5. The Morgan fingerprint density at radius 2 is 1.52 bits per heavy atom. The van der Waals surface area contributed by atoms with E-state index in [1.54, 1.807) is 0 Å². The summed E-state index contributed by atoms with van der Waals surface area (Å²) < 4.78 is 0. The van der Waals surface area contributed by atoms with Crippen LogP contribution in [0.4, 0.5) is 11.4 Å². The molecular weight excluding hydrogens is 332 g/mol. The molecule has 3 rings (SSSR count). The number of hydrogen-bond acceptors (Lipinski definition) is 2. The molecule has 3 heteroatoms. The molecule has 3 nitrogen and oxygen atoms in total. The molecule has 3 aromatic rings. The zero-order valence-electron chi connectivity index (χ0n) is 16.9. The van der Waals surface area contributed by atoms with Crippen molar-refractivity contribution in [2.45, 2.75) is 34.6 Å². The first kappa shape index (κ1) is 19.0. The van der Waals surface area contributed by atoms with Gasteiger partial charge in [0, 0.05) is 35.4 Å². The lowest BCUT2D eigenvalue weighted by molar-refractivity contribution is 0.0775. The molecule has 0 fully saturated rings. The summed E-state index contributed by atoms with van der Waals surface area (Å²) in [4.78, 5) is 14.9. The molecule has 1 N–H and O–H groups in total. The van der Waals surface area contributed by atoms with Gasteiger partial charge in [0.25, 0.3) is 5.91 Å². The maximum absolute atomic E-state index is 13.0. The number of aryl methyl sites for hydroxylation is 2. The van der Waals surface area contributed by atoms with Gasteiger partial charge in [-0.25, -0.2) is 0 Å².